The molecule has 1 aromatic heterocycles. The molecule has 0 aliphatic heterocycles. The number of hydrogen-bond donors (Lipinski definition) is 2. The second-order valence-electron chi connectivity index (χ2n) is 5.36. The lowest BCUT2D eigenvalue weighted by molar-refractivity contribution is -0.122. The molecule has 20 heavy (non-hydrogen) atoms. The minimum absolute atomic E-state index is 0.0264. The zero-order valence-electron chi connectivity index (χ0n) is 11.5. The highest BCUT2D eigenvalue weighted by molar-refractivity contribution is 5.84. The lowest BCUT2D eigenvalue weighted by Crippen LogP contribution is -2.29. The standard InChI is InChI=1S/C14H21N3O3/c18-13(8-11-4-2-1-3-5-11)15-6-7-17-9-12(14(19)20)16-10-17/h9-11H,1-8H2,(H,15,18)(H,19,20). The van der Waals surface area contributed by atoms with Crippen molar-refractivity contribution in [2.24, 2.45) is 5.92 Å². The van der Waals surface area contributed by atoms with Crippen LogP contribution in [0.4, 0.5) is 0 Å². The van der Waals surface area contributed by atoms with Crippen molar-refractivity contribution in [3.8, 4) is 0 Å². The second kappa shape index (κ2) is 7.07. The smallest absolute Gasteiger partial charge is 0.356 e. The van der Waals surface area contributed by atoms with Crippen LogP contribution in [-0.4, -0.2) is 33.1 Å². The predicted molar refractivity (Wildman–Crippen MR) is 73.4 cm³/mol. The van der Waals surface area contributed by atoms with E-state index in [9.17, 15) is 9.59 Å². The molecule has 6 heteroatoms. The van der Waals surface area contributed by atoms with Crippen molar-refractivity contribution < 1.29 is 14.7 Å². The fourth-order valence-electron chi connectivity index (χ4n) is 2.64. The summed E-state index contributed by atoms with van der Waals surface area (Å²) in [6, 6.07) is 0. The number of carbonyl (C=O) groups excluding carboxylic acids is 1. The lowest BCUT2D eigenvalue weighted by Gasteiger charge is -2.20. The first-order valence-corrected chi connectivity index (χ1v) is 7.17. The molecule has 0 atom stereocenters. The van der Waals surface area contributed by atoms with Gasteiger partial charge in [0.2, 0.25) is 5.91 Å². The van der Waals surface area contributed by atoms with E-state index in [1.807, 2.05) is 0 Å². The summed E-state index contributed by atoms with van der Waals surface area (Å²) in [5, 5.41) is 11.6. The van der Waals surface area contributed by atoms with E-state index in [0.29, 0.717) is 25.4 Å². The number of amides is 1. The molecule has 1 heterocycles. The fourth-order valence-corrected chi connectivity index (χ4v) is 2.64. The first-order valence-electron chi connectivity index (χ1n) is 7.17. The number of carboxylic acid groups (broad SMARTS) is 1. The minimum Gasteiger partial charge on any atom is -0.476 e. The molecule has 1 fully saturated rings. The average molecular weight is 279 g/mol. The van der Waals surface area contributed by atoms with E-state index in [1.165, 1.54) is 31.8 Å². The zero-order valence-corrected chi connectivity index (χ0v) is 11.5. The van der Waals surface area contributed by atoms with Gasteiger partial charge in [-0.3, -0.25) is 4.79 Å². The number of aromatic nitrogens is 2. The van der Waals surface area contributed by atoms with E-state index in [4.69, 9.17) is 5.11 Å². The molecule has 0 radical (unpaired) electrons. The van der Waals surface area contributed by atoms with Gasteiger partial charge in [0.25, 0.3) is 0 Å². The maximum absolute atomic E-state index is 11.8. The van der Waals surface area contributed by atoms with Crippen LogP contribution >= 0.6 is 0 Å². The van der Waals surface area contributed by atoms with Gasteiger partial charge in [-0.05, 0) is 18.8 Å². The number of imidazole rings is 1. The third-order valence-corrected chi connectivity index (χ3v) is 3.74. The summed E-state index contributed by atoms with van der Waals surface area (Å²) in [5.74, 6) is -0.406. The van der Waals surface area contributed by atoms with Gasteiger partial charge in [-0.1, -0.05) is 19.3 Å². The van der Waals surface area contributed by atoms with Crippen molar-refractivity contribution in [3.63, 3.8) is 0 Å². The largest absolute Gasteiger partial charge is 0.476 e. The van der Waals surface area contributed by atoms with Crippen LogP contribution in [0.2, 0.25) is 0 Å². The van der Waals surface area contributed by atoms with Gasteiger partial charge in [-0.15, -0.1) is 0 Å². The van der Waals surface area contributed by atoms with Crippen LogP contribution in [0.1, 0.15) is 49.0 Å². The van der Waals surface area contributed by atoms with Crippen LogP contribution in [0.5, 0.6) is 0 Å². The first-order chi connectivity index (χ1) is 9.65. The molecular weight excluding hydrogens is 258 g/mol. The van der Waals surface area contributed by atoms with Gasteiger partial charge in [0, 0.05) is 25.7 Å². The Morgan fingerprint density at radius 1 is 1.35 bits per heavy atom. The summed E-state index contributed by atoms with van der Waals surface area (Å²) in [6.45, 7) is 1.04. The number of carbonyl (C=O) groups is 2. The van der Waals surface area contributed by atoms with Crippen molar-refractivity contribution in [1.29, 1.82) is 0 Å². The third-order valence-electron chi connectivity index (χ3n) is 3.74. The topological polar surface area (TPSA) is 84.2 Å². The van der Waals surface area contributed by atoms with Gasteiger partial charge in [0.15, 0.2) is 5.69 Å². The molecule has 1 aliphatic carbocycles. The van der Waals surface area contributed by atoms with E-state index < -0.39 is 5.97 Å². The van der Waals surface area contributed by atoms with Crippen LogP contribution in [0, 0.1) is 5.92 Å². The number of hydrogen-bond acceptors (Lipinski definition) is 3. The molecule has 0 bridgehead atoms. The molecule has 2 N–H and O–H groups in total. The van der Waals surface area contributed by atoms with E-state index >= 15 is 0 Å². The Bertz CT molecular complexity index is 464. The maximum Gasteiger partial charge on any atom is 0.356 e. The first kappa shape index (κ1) is 14.6. The number of nitrogens with one attached hydrogen (secondary N) is 1. The van der Waals surface area contributed by atoms with Crippen LogP contribution in [0.25, 0.3) is 0 Å². The highest BCUT2D eigenvalue weighted by atomic mass is 16.4. The van der Waals surface area contributed by atoms with Crippen LogP contribution in [0.15, 0.2) is 12.5 Å². The van der Waals surface area contributed by atoms with Crippen molar-refractivity contribution in [2.75, 3.05) is 6.54 Å². The second-order valence-corrected chi connectivity index (χ2v) is 5.36. The van der Waals surface area contributed by atoms with Gasteiger partial charge in [-0.25, -0.2) is 9.78 Å². The number of aromatic carboxylic acids is 1. The Hall–Kier alpha value is -1.85. The van der Waals surface area contributed by atoms with Gasteiger partial charge in [0.1, 0.15) is 0 Å². The predicted octanol–water partition coefficient (Wildman–Crippen LogP) is 1.67. The van der Waals surface area contributed by atoms with Crippen LogP contribution in [-0.2, 0) is 11.3 Å². The zero-order chi connectivity index (χ0) is 14.4. The van der Waals surface area contributed by atoms with Gasteiger partial charge >= 0.3 is 5.97 Å². The summed E-state index contributed by atoms with van der Waals surface area (Å²) in [6.07, 6.45) is 9.66. The normalized spacial score (nSPS) is 16.0. The van der Waals surface area contributed by atoms with Crippen LogP contribution in [0.3, 0.4) is 0 Å². The third kappa shape index (κ3) is 4.36. The van der Waals surface area contributed by atoms with Gasteiger partial charge < -0.3 is 15.0 Å². The van der Waals surface area contributed by atoms with Crippen LogP contribution < -0.4 is 5.32 Å². The summed E-state index contributed by atoms with van der Waals surface area (Å²) in [4.78, 5) is 26.2. The number of nitrogens with zero attached hydrogens (tertiary/aromatic N) is 2. The minimum atomic E-state index is -1.04. The van der Waals surface area contributed by atoms with E-state index in [2.05, 4.69) is 10.3 Å². The summed E-state index contributed by atoms with van der Waals surface area (Å²) in [5.41, 5.74) is 0.0264. The Balaban J connectivity index is 1.66. The quantitative estimate of drug-likeness (QED) is 0.829. The molecular formula is C14H21N3O3. The van der Waals surface area contributed by atoms with Gasteiger partial charge in [-0.2, -0.15) is 0 Å². The Kier molecular flexibility index (Phi) is 5.15. The maximum atomic E-state index is 11.8. The van der Waals surface area contributed by atoms with E-state index in [-0.39, 0.29) is 11.6 Å². The Morgan fingerprint density at radius 2 is 2.10 bits per heavy atom. The average Bonchev–Trinajstić information content (AvgIpc) is 2.89. The molecule has 1 aromatic rings. The van der Waals surface area contributed by atoms with E-state index in [0.717, 1.165) is 12.8 Å². The number of rotatable bonds is 6. The molecule has 6 nitrogen and oxygen atoms in total. The molecule has 110 valence electrons. The number of carboxylic acids is 1. The van der Waals surface area contributed by atoms with E-state index in [1.54, 1.807) is 4.57 Å². The Morgan fingerprint density at radius 3 is 2.75 bits per heavy atom. The molecule has 0 saturated heterocycles. The Labute approximate surface area is 118 Å². The van der Waals surface area contributed by atoms with Crippen molar-refractivity contribution in [3.05, 3.63) is 18.2 Å². The summed E-state index contributed by atoms with van der Waals surface area (Å²) in [7, 11) is 0. The fraction of sp³-hybridized carbons (Fsp3) is 0.643. The van der Waals surface area contributed by atoms with Crippen molar-refractivity contribution >= 4 is 11.9 Å². The highest BCUT2D eigenvalue weighted by Gasteiger charge is 2.16. The van der Waals surface area contributed by atoms with Crippen molar-refractivity contribution in [1.82, 2.24) is 14.9 Å². The molecule has 1 saturated carbocycles. The lowest BCUT2D eigenvalue weighted by atomic mass is 9.87. The molecule has 1 aliphatic rings. The molecule has 0 spiro atoms. The van der Waals surface area contributed by atoms with Crippen molar-refractivity contribution in [2.45, 2.75) is 45.1 Å². The molecule has 2 rings (SSSR count). The summed E-state index contributed by atoms with van der Waals surface area (Å²) < 4.78 is 1.67. The highest BCUT2D eigenvalue weighted by Crippen LogP contribution is 2.25. The SMILES string of the molecule is O=C(CC1CCCCC1)NCCn1cnc(C(=O)O)c1. The molecule has 0 aromatic carbocycles. The summed E-state index contributed by atoms with van der Waals surface area (Å²) >= 11 is 0. The monoisotopic (exact) mass is 279 g/mol. The molecule has 1 amide bonds. The molecule has 0 unspecified atom stereocenters. The van der Waals surface area contributed by atoms with Gasteiger partial charge in [0.05, 0.1) is 6.33 Å².